The zero-order valence-corrected chi connectivity index (χ0v) is 12.1. The number of hydrogen-bond donors (Lipinski definition) is 1. The minimum absolute atomic E-state index is 0.0344. The zero-order chi connectivity index (χ0) is 15.2. The van der Waals surface area contributed by atoms with E-state index in [-0.39, 0.29) is 18.1 Å². The molecule has 1 aromatic heterocycles. The Bertz CT molecular complexity index is 607. The molecule has 0 saturated heterocycles. The van der Waals surface area contributed by atoms with Crippen LogP contribution in [0.5, 0.6) is 5.75 Å². The third kappa shape index (κ3) is 3.71. The van der Waals surface area contributed by atoms with Crippen molar-refractivity contribution in [2.45, 2.75) is 20.4 Å². The van der Waals surface area contributed by atoms with E-state index in [0.29, 0.717) is 13.2 Å². The molecule has 0 saturated carbocycles. The molecule has 7 heteroatoms. The largest absolute Gasteiger partial charge is 0.492 e. The van der Waals surface area contributed by atoms with Crippen LogP contribution in [0.2, 0.25) is 0 Å². The van der Waals surface area contributed by atoms with E-state index in [1.54, 1.807) is 6.92 Å². The quantitative estimate of drug-likeness (QED) is 0.809. The molecule has 0 amide bonds. The summed E-state index contributed by atoms with van der Waals surface area (Å²) in [7, 11) is 0. The minimum Gasteiger partial charge on any atom is -0.492 e. The summed E-state index contributed by atoms with van der Waals surface area (Å²) < 4.78 is 11.8. The molecule has 1 heterocycles. The Morgan fingerprint density at radius 1 is 1.33 bits per heavy atom. The summed E-state index contributed by atoms with van der Waals surface area (Å²) in [6, 6.07) is 7.73. The highest BCUT2D eigenvalue weighted by Crippen LogP contribution is 2.12. The van der Waals surface area contributed by atoms with E-state index < -0.39 is 5.97 Å². The molecule has 0 aliphatic carbocycles. The first-order chi connectivity index (χ1) is 10.1. The van der Waals surface area contributed by atoms with Crippen LogP contribution in [-0.4, -0.2) is 34.2 Å². The fraction of sp³-hybridized carbons (Fsp3) is 0.357. The summed E-state index contributed by atoms with van der Waals surface area (Å²) in [5.74, 6) is 0.381. The van der Waals surface area contributed by atoms with Crippen molar-refractivity contribution in [1.29, 1.82) is 0 Å². The highest BCUT2D eigenvalue weighted by Gasteiger charge is 2.18. The second kappa shape index (κ2) is 6.74. The molecule has 0 aliphatic rings. The third-order valence-corrected chi connectivity index (χ3v) is 2.83. The van der Waals surface area contributed by atoms with Gasteiger partial charge in [-0.15, -0.1) is 5.10 Å². The SMILES string of the molecule is CCOC(=O)c1nnn(CCOc2ccc(C)cc2)c1N. The van der Waals surface area contributed by atoms with Crippen LogP contribution in [0.4, 0.5) is 5.82 Å². The Morgan fingerprint density at radius 2 is 2.05 bits per heavy atom. The molecule has 7 nitrogen and oxygen atoms in total. The average Bonchev–Trinajstić information content (AvgIpc) is 2.83. The number of benzene rings is 1. The van der Waals surface area contributed by atoms with E-state index in [9.17, 15) is 4.79 Å². The molecule has 0 radical (unpaired) electrons. The monoisotopic (exact) mass is 290 g/mol. The number of carbonyl (C=O) groups is 1. The lowest BCUT2D eigenvalue weighted by atomic mass is 10.2. The van der Waals surface area contributed by atoms with Crippen molar-refractivity contribution in [1.82, 2.24) is 15.0 Å². The summed E-state index contributed by atoms with van der Waals surface area (Å²) in [6.45, 7) is 4.76. The van der Waals surface area contributed by atoms with E-state index in [1.807, 2.05) is 31.2 Å². The van der Waals surface area contributed by atoms with Crippen molar-refractivity contribution in [3.63, 3.8) is 0 Å². The van der Waals surface area contributed by atoms with Crippen LogP contribution in [0.3, 0.4) is 0 Å². The van der Waals surface area contributed by atoms with Crippen molar-refractivity contribution < 1.29 is 14.3 Å². The molecule has 2 rings (SSSR count). The fourth-order valence-electron chi connectivity index (χ4n) is 1.71. The summed E-state index contributed by atoms with van der Waals surface area (Å²) in [6.07, 6.45) is 0. The first kappa shape index (κ1) is 14.8. The number of nitrogen functional groups attached to an aromatic ring is 1. The van der Waals surface area contributed by atoms with Gasteiger partial charge in [0.2, 0.25) is 5.69 Å². The molecule has 2 N–H and O–H groups in total. The van der Waals surface area contributed by atoms with Crippen LogP contribution in [0.15, 0.2) is 24.3 Å². The van der Waals surface area contributed by atoms with E-state index in [0.717, 1.165) is 5.75 Å². The van der Waals surface area contributed by atoms with Gasteiger partial charge in [-0.1, -0.05) is 22.9 Å². The molecule has 0 spiro atoms. The molecule has 0 atom stereocenters. The number of nitrogens with two attached hydrogens (primary N) is 1. The van der Waals surface area contributed by atoms with E-state index in [1.165, 1.54) is 10.2 Å². The first-order valence-electron chi connectivity index (χ1n) is 6.67. The van der Waals surface area contributed by atoms with Gasteiger partial charge in [-0.05, 0) is 26.0 Å². The molecule has 21 heavy (non-hydrogen) atoms. The van der Waals surface area contributed by atoms with Crippen molar-refractivity contribution in [2.75, 3.05) is 18.9 Å². The van der Waals surface area contributed by atoms with E-state index >= 15 is 0 Å². The maximum Gasteiger partial charge on any atom is 0.362 e. The Balaban J connectivity index is 1.92. The molecular weight excluding hydrogens is 272 g/mol. The van der Waals surface area contributed by atoms with Crippen LogP contribution < -0.4 is 10.5 Å². The average molecular weight is 290 g/mol. The van der Waals surface area contributed by atoms with Crippen LogP contribution in [0, 0.1) is 6.92 Å². The van der Waals surface area contributed by atoms with Crippen LogP contribution in [0.25, 0.3) is 0 Å². The number of nitrogens with zero attached hydrogens (tertiary/aromatic N) is 3. The molecule has 0 bridgehead atoms. The number of anilines is 1. The smallest absolute Gasteiger partial charge is 0.362 e. The summed E-state index contributed by atoms with van der Waals surface area (Å²) in [5.41, 5.74) is 7.02. The number of ether oxygens (including phenoxy) is 2. The number of hydrogen-bond acceptors (Lipinski definition) is 6. The van der Waals surface area contributed by atoms with Gasteiger partial charge in [0.15, 0.2) is 5.82 Å². The van der Waals surface area contributed by atoms with E-state index in [4.69, 9.17) is 15.2 Å². The van der Waals surface area contributed by atoms with Crippen molar-refractivity contribution in [3.05, 3.63) is 35.5 Å². The maximum absolute atomic E-state index is 11.6. The van der Waals surface area contributed by atoms with Crippen LogP contribution >= 0.6 is 0 Å². The first-order valence-corrected chi connectivity index (χ1v) is 6.67. The summed E-state index contributed by atoms with van der Waals surface area (Å²) in [5, 5.41) is 7.55. The van der Waals surface area contributed by atoms with Gasteiger partial charge in [0, 0.05) is 0 Å². The Kier molecular flexibility index (Phi) is 4.76. The molecular formula is C14H18N4O3. The van der Waals surface area contributed by atoms with Gasteiger partial charge in [-0.2, -0.15) is 0 Å². The second-order valence-corrected chi connectivity index (χ2v) is 4.43. The lowest BCUT2D eigenvalue weighted by molar-refractivity contribution is 0.0520. The predicted molar refractivity (Wildman–Crippen MR) is 77.1 cm³/mol. The number of aromatic nitrogens is 3. The summed E-state index contributed by atoms with van der Waals surface area (Å²) in [4.78, 5) is 11.6. The van der Waals surface area contributed by atoms with Gasteiger partial charge >= 0.3 is 5.97 Å². The van der Waals surface area contributed by atoms with Crippen molar-refractivity contribution in [2.24, 2.45) is 0 Å². The Morgan fingerprint density at radius 3 is 2.71 bits per heavy atom. The lowest BCUT2D eigenvalue weighted by Gasteiger charge is -2.07. The topological polar surface area (TPSA) is 92.3 Å². The number of rotatable bonds is 6. The summed E-state index contributed by atoms with van der Waals surface area (Å²) >= 11 is 0. The van der Waals surface area contributed by atoms with Gasteiger partial charge in [0.05, 0.1) is 13.2 Å². The van der Waals surface area contributed by atoms with Crippen LogP contribution in [0.1, 0.15) is 23.0 Å². The number of esters is 1. The molecule has 1 aromatic carbocycles. The van der Waals surface area contributed by atoms with Gasteiger partial charge in [0.1, 0.15) is 12.4 Å². The molecule has 0 fully saturated rings. The van der Waals surface area contributed by atoms with Gasteiger partial charge < -0.3 is 15.2 Å². The van der Waals surface area contributed by atoms with Gasteiger partial charge in [-0.25, -0.2) is 9.48 Å². The molecule has 0 aliphatic heterocycles. The van der Waals surface area contributed by atoms with Gasteiger partial charge in [-0.3, -0.25) is 0 Å². The number of carbonyl (C=O) groups excluding carboxylic acids is 1. The Hall–Kier alpha value is -2.57. The standard InChI is InChI=1S/C14H18N4O3/c1-3-20-14(19)12-13(15)18(17-16-12)8-9-21-11-6-4-10(2)5-7-11/h4-7H,3,8-9,15H2,1-2H3. The minimum atomic E-state index is -0.569. The molecule has 2 aromatic rings. The van der Waals surface area contributed by atoms with E-state index in [2.05, 4.69) is 10.3 Å². The highest BCUT2D eigenvalue weighted by molar-refractivity contribution is 5.91. The highest BCUT2D eigenvalue weighted by atomic mass is 16.5. The lowest BCUT2D eigenvalue weighted by Crippen LogP contribution is -2.13. The second-order valence-electron chi connectivity index (χ2n) is 4.43. The maximum atomic E-state index is 11.6. The zero-order valence-electron chi connectivity index (χ0n) is 12.1. The normalized spacial score (nSPS) is 10.4. The van der Waals surface area contributed by atoms with Crippen molar-refractivity contribution >= 4 is 11.8 Å². The third-order valence-electron chi connectivity index (χ3n) is 2.83. The van der Waals surface area contributed by atoms with Crippen molar-refractivity contribution in [3.8, 4) is 5.75 Å². The molecule has 112 valence electrons. The fourth-order valence-corrected chi connectivity index (χ4v) is 1.71. The Labute approximate surface area is 122 Å². The number of aryl methyl sites for hydroxylation is 1. The molecule has 0 unspecified atom stereocenters. The predicted octanol–water partition coefficient (Wildman–Crippen LogP) is 1.42. The van der Waals surface area contributed by atoms with Gasteiger partial charge in [0.25, 0.3) is 0 Å². The van der Waals surface area contributed by atoms with Crippen LogP contribution in [-0.2, 0) is 11.3 Å².